The minimum atomic E-state index is -0.684. The molecule has 0 spiro atoms. The number of nitrogens with zero attached hydrogens (tertiary/aromatic N) is 1. The van der Waals surface area contributed by atoms with Crippen LogP contribution in [-0.2, 0) is 4.74 Å². The highest BCUT2D eigenvalue weighted by atomic mass is 19.1. The third-order valence-electron chi connectivity index (χ3n) is 4.63. The molecule has 0 aromatic heterocycles. The summed E-state index contributed by atoms with van der Waals surface area (Å²) in [5.41, 5.74) is 1.42. The van der Waals surface area contributed by atoms with Gasteiger partial charge in [0, 0.05) is 25.3 Å². The Hall–Kier alpha value is -2.19. The summed E-state index contributed by atoms with van der Waals surface area (Å²) in [5.74, 6) is -0.262. The van der Waals surface area contributed by atoms with Gasteiger partial charge in [-0.2, -0.15) is 0 Å². The lowest BCUT2D eigenvalue weighted by molar-refractivity contribution is 0.0492. The largest absolute Gasteiger partial charge is 0.381 e. The van der Waals surface area contributed by atoms with Gasteiger partial charge >= 0.3 is 12.1 Å². The van der Waals surface area contributed by atoms with Gasteiger partial charge in [0.15, 0.2) is 6.29 Å². The average molecular weight is 350 g/mol. The molecule has 1 atom stereocenters. The lowest BCUT2D eigenvalue weighted by atomic mass is 10.1. The first kappa shape index (κ1) is 17.6. The van der Waals surface area contributed by atoms with Crippen LogP contribution < -0.4 is 16.0 Å². The maximum atomic E-state index is 13.4. The van der Waals surface area contributed by atoms with Crippen LogP contribution in [0.1, 0.15) is 36.9 Å². The fourth-order valence-corrected chi connectivity index (χ4v) is 3.16. The highest BCUT2D eigenvalue weighted by molar-refractivity contribution is 5.96. The molecular weight excluding hydrogens is 327 g/mol. The molecule has 25 heavy (non-hydrogen) atoms. The van der Waals surface area contributed by atoms with Crippen LogP contribution in [0.4, 0.5) is 14.0 Å². The average Bonchev–Trinajstić information content (AvgIpc) is 2.57. The molecule has 8 heteroatoms. The van der Waals surface area contributed by atoms with Gasteiger partial charge in [-0.15, -0.1) is 0 Å². The van der Waals surface area contributed by atoms with Gasteiger partial charge in [0.05, 0.1) is 0 Å². The second kappa shape index (κ2) is 7.37. The summed E-state index contributed by atoms with van der Waals surface area (Å²) in [5, 5.41) is 8.63. The van der Waals surface area contributed by atoms with E-state index in [1.165, 1.54) is 11.0 Å². The number of hydrogen-bond donors (Lipinski definition) is 3. The molecule has 136 valence electrons. The molecule has 2 saturated heterocycles. The summed E-state index contributed by atoms with van der Waals surface area (Å²) >= 11 is 0. The van der Waals surface area contributed by atoms with Crippen LogP contribution in [0.25, 0.3) is 0 Å². The van der Waals surface area contributed by atoms with Gasteiger partial charge in [-0.25, -0.2) is 18.9 Å². The molecule has 0 aliphatic carbocycles. The number of urea groups is 2. The Morgan fingerprint density at radius 3 is 2.48 bits per heavy atom. The number of nitrogens with one attached hydrogen (secondary N) is 3. The summed E-state index contributed by atoms with van der Waals surface area (Å²) in [6.07, 6.45) is 0.602. The van der Waals surface area contributed by atoms with E-state index in [1.54, 1.807) is 19.1 Å². The number of imide groups is 1. The first-order valence-electron chi connectivity index (χ1n) is 8.46. The Balaban J connectivity index is 1.62. The third-order valence-corrected chi connectivity index (χ3v) is 4.63. The smallest absolute Gasteiger partial charge is 0.328 e. The zero-order valence-corrected chi connectivity index (χ0v) is 14.3. The minimum Gasteiger partial charge on any atom is -0.381 e. The van der Waals surface area contributed by atoms with Crippen LogP contribution in [0.15, 0.2) is 18.2 Å². The fraction of sp³-hybridized carbons (Fsp3) is 0.529. The van der Waals surface area contributed by atoms with Gasteiger partial charge < -0.3 is 15.4 Å². The van der Waals surface area contributed by atoms with E-state index in [-0.39, 0.29) is 17.9 Å². The van der Waals surface area contributed by atoms with Gasteiger partial charge in [-0.1, -0.05) is 12.1 Å². The Morgan fingerprint density at radius 2 is 1.88 bits per heavy atom. The predicted molar refractivity (Wildman–Crippen MR) is 89.2 cm³/mol. The second-order valence-corrected chi connectivity index (χ2v) is 6.44. The minimum absolute atomic E-state index is 0.146. The van der Waals surface area contributed by atoms with E-state index in [9.17, 15) is 14.0 Å². The number of carbonyl (C=O) groups excluding carboxylic acids is 2. The van der Waals surface area contributed by atoms with Crippen molar-refractivity contribution in [1.29, 1.82) is 0 Å². The van der Waals surface area contributed by atoms with Crippen molar-refractivity contribution in [3.8, 4) is 0 Å². The molecule has 2 aliphatic rings. The second-order valence-electron chi connectivity index (χ2n) is 6.44. The molecule has 0 bridgehead atoms. The van der Waals surface area contributed by atoms with Crippen molar-refractivity contribution < 1.29 is 18.7 Å². The van der Waals surface area contributed by atoms with Gasteiger partial charge in [0.2, 0.25) is 0 Å². The van der Waals surface area contributed by atoms with Gasteiger partial charge in [0.1, 0.15) is 5.82 Å². The van der Waals surface area contributed by atoms with Crippen molar-refractivity contribution in [2.45, 2.75) is 45.1 Å². The van der Waals surface area contributed by atoms with Crippen LogP contribution >= 0.6 is 0 Å². The lowest BCUT2D eigenvalue weighted by Gasteiger charge is -2.39. The van der Waals surface area contributed by atoms with Crippen LogP contribution in [0, 0.1) is 12.7 Å². The molecule has 0 radical (unpaired) electrons. The first-order chi connectivity index (χ1) is 12.0. The molecule has 3 rings (SSSR count). The fourth-order valence-electron chi connectivity index (χ4n) is 3.16. The highest BCUT2D eigenvalue weighted by Crippen LogP contribution is 2.19. The maximum absolute atomic E-state index is 13.4. The van der Waals surface area contributed by atoms with Gasteiger partial charge in [-0.3, -0.25) is 5.32 Å². The van der Waals surface area contributed by atoms with Crippen molar-refractivity contribution in [3.05, 3.63) is 35.1 Å². The van der Waals surface area contributed by atoms with Crippen LogP contribution in [0.2, 0.25) is 0 Å². The molecule has 3 N–H and O–H groups in total. The van der Waals surface area contributed by atoms with Gasteiger partial charge in [0.25, 0.3) is 0 Å². The zero-order valence-electron chi connectivity index (χ0n) is 14.3. The topological polar surface area (TPSA) is 82.7 Å². The molecule has 1 aromatic carbocycles. The van der Waals surface area contributed by atoms with Crippen molar-refractivity contribution in [2.24, 2.45) is 0 Å². The van der Waals surface area contributed by atoms with Crippen LogP contribution in [0.5, 0.6) is 0 Å². The number of amides is 4. The van der Waals surface area contributed by atoms with Crippen LogP contribution in [-0.4, -0.2) is 42.5 Å². The number of ether oxygens (including phenoxy) is 1. The third kappa shape index (κ3) is 3.91. The summed E-state index contributed by atoms with van der Waals surface area (Å²) in [6.45, 7) is 4.67. The number of halogens is 1. The van der Waals surface area contributed by atoms with Crippen molar-refractivity contribution in [2.75, 3.05) is 13.2 Å². The van der Waals surface area contributed by atoms with Crippen molar-refractivity contribution in [3.63, 3.8) is 0 Å². The molecule has 2 heterocycles. The van der Waals surface area contributed by atoms with E-state index in [0.717, 1.165) is 5.56 Å². The molecule has 0 unspecified atom stereocenters. The van der Waals surface area contributed by atoms with E-state index >= 15 is 0 Å². The highest BCUT2D eigenvalue weighted by Gasteiger charge is 2.37. The molecular formula is C17H23FN4O3. The zero-order chi connectivity index (χ0) is 18.0. The van der Waals surface area contributed by atoms with Gasteiger partial charge in [-0.05, 0) is 43.9 Å². The molecule has 1 aromatic rings. The first-order valence-corrected chi connectivity index (χ1v) is 8.46. The van der Waals surface area contributed by atoms with Crippen molar-refractivity contribution >= 4 is 12.1 Å². The number of rotatable bonds is 4. The predicted octanol–water partition coefficient (Wildman–Crippen LogP) is 1.98. The summed E-state index contributed by atoms with van der Waals surface area (Å²) in [6, 6.07) is 3.67. The quantitative estimate of drug-likeness (QED) is 0.775. The molecule has 4 amide bonds. The number of hydrogen-bond acceptors (Lipinski definition) is 4. The lowest BCUT2D eigenvalue weighted by Crippen LogP contribution is -2.70. The SMILES string of the molecule is Cc1cc([C@H](C)NC2NC(=O)N(C3CCOCC3)C(=O)N2)ccc1F. The standard InChI is InChI=1S/C17H23FN4O3/c1-10-9-12(3-4-14(10)18)11(2)19-15-20-16(23)22(17(24)21-15)13-5-7-25-8-6-13/h3-4,9,11,13,15,19H,5-8H2,1-2H3,(H,20,23)(H,21,24)/t11-/m0/s1. The van der Waals surface area contributed by atoms with Crippen molar-refractivity contribution in [1.82, 2.24) is 20.9 Å². The van der Waals surface area contributed by atoms with E-state index < -0.39 is 18.4 Å². The van der Waals surface area contributed by atoms with E-state index in [2.05, 4.69) is 16.0 Å². The number of aryl methyl sites for hydroxylation is 1. The summed E-state index contributed by atoms with van der Waals surface area (Å²) < 4.78 is 18.7. The monoisotopic (exact) mass is 350 g/mol. The maximum Gasteiger partial charge on any atom is 0.328 e. The normalized spacial score (nSPS) is 21.0. The van der Waals surface area contributed by atoms with Crippen LogP contribution in [0.3, 0.4) is 0 Å². The number of carbonyl (C=O) groups is 2. The number of benzene rings is 1. The molecule has 2 aliphatic heterocycles. The Kier molecular flexibility index (Phi) is 5.19. The Morgan fingerprint density at radius 1 is 1.24 bits per heavy atom. The van der Waals surface area contributed by atoms with E-state index in [1.807, 2.05) is 6.92 Å². The Labute approximate surface area is 145 Å². The summed E-state index contributed by atoms with van der Waals surface area (Å²) in [7, 11) is 0. The molecule has 2 fully saturated rings. The van der Waals surface area contributed by atoms with E-state index in [4.69, 9.17) is 4.74 Å². The summed E-state index contributed by atoms with van der Waals surface area (Å²) in [4.78, 5) is 25.9. The molecule has 0 saturated carbocycles. The molecule has 7 nitrogen and oxygen atoms in total. The Bertz CT molecular complexity index is 645. The van der Waals surface area contributed by atoms with E-state index in [0.29, 0.717) is 31.6 Å².